The number of ether oxygens (including phenoxy) is 2. The van der Waals surface area contributed by atoms with Crippen LogP contribution in [0.25, 0.3) is 102 Å². The Hall–Kier alpha value is -11.3. The lowest BCUT2D eigenvalue weighted by molar-refractivity contribution is 0.464. The van der Waals surface area contributed by atoms with Gasteiger partial charge in [0.2, 0.25) is 0 Å². The van der Waals surface area contributed by atoms with E-state index in [1.54, 1.807) is 0 Å². The van der Waals surface area contributed by atoms with Crippen molar-refractivity contribution in [1.29, 1.82) is 0 Å². The third-order valence-electron chi connectivity index (χ3n) is 15.0. The Morgan fingerprint density at radius 2 is 0.451 bits per heavy atom. The van der Waals surface area contributed by atoms with Gasteiger partial charge >= 0.3 is 0 Å². The van der Waals surface area contributed by atoms with Crippen LogP contribution in [0.4, 0.5) is 17.1 Å². The van der Waals surface area contributed by atoms with Crippen LogP contribution in [0.1, 0.15) is 0 Å². The maximum Gasteiger partial charge on any atom is 0.266 e. The Morgan fingerprint density at radius 3 is 0.720 bits per heavy atom. The number of nitrogens with zero attached hydrogens (tertiary/aromatic N) is 10. The van der Waals surface area contributed by atoms with E-state index in [0.29, 0.717) is 81.0 Å². The number of aromatic nitrogens is 9. The van der Waals surface area contributed by atoms with Gasteiger partial charge in [0.15, 0.2) is 52.4 Å². The summed E-state index contributed by atoms with van der Waals surface area (Å²) in [6.07, 6.45) is 0. The van der Waals surface area contributed by atoms with E-state index in [2.05, 4.69) is 53.4 Å². The molecule has 0 unspecified atom stereocenters. The molecule has 0 aliphatic carbocycles. The smallest absolute Gasteiger partial charge is 0.266 e. The minimum atomic E-state index is -0.353. The van der Waals surface area contributed by atoms with Gasteiger partial charge < -0.3 is 14.4 Å². The Kier molecular flexibility index (Phi) is 11.0. The van der Waals surface area contributed by atoms with Gasteiger partial charge in [-0.15, -0.1) is 0 Å². The Morgan fingerprint density at radius 1 is 0.232 bits per heavy atom. The first kappa shape index (κ1) is 46.8. The molecule has 0 N–H and O–H groups in total. The number of para-hydroxylation sites is 1. The van der Waals surface area contributed by atoms with Crippen LogP contribution in [0, 0.1) is 0 Å². The third kappa shape index (κ3) is 8.14. The molecule has 0 saturated heterocycles. The first-order valence-corrected chi connectivity index (χ1v) is 27.0. The highest BCUT2D eigenvalue weighted by atomic mass is 16.5. The molecule has 10 aromatic carbocycles. The van der Waals surface area contributed by atoms with Gasteiger partial charge in [0.25, 0.3) is 6.71 Å². The summed E-state index contributed by atoms with van der Waals surface area (Å²) in [5.74, 6) is 7.17. The third-order valence-corrected chi connectivity index (χ3v) is 15.0. The van der Waals surface area contributed by atoms with Crippen molar-refractivity contribution < 1.29 is 9.47 Å². The number of rotatable bonds is 10. The second kappa shape index (κ2) is 19.3. The van der Waals surface area contributed by atoms with Crippen molar-refractivity contribution in [3.63, 3.8) is 0 Å². The zero-order valence-electron chi connectivity index (χ0n) is 43.5. The molecule has 382 valence electrons. The predicted octanol–water partition coefficient (Wildman–Crippen LogP) is 13.8. The first-order chi connectivity index (χ1) is 40.6. The van der Waals surface area contributed by atoms with E-state index in [9.17, 15) is 0 Å². The van der Waals surface area contributed by atoms with Crippen molar-refractivity contribution in [3.05, 3.63) is 249 Å². The molecule has 0 spiro atoms. The normalized spacial score (nSPS) is 12.3. The highest BCUT2D eigenvalue weighted by Gasteiger charge is 2.48. The van der Waals surface area contributed by atoms with Gasteiger partial charge in [-0.2, -0.15) is 0 Å². The summed E-state index contributed by atoms with van der Waals surface area (Å²) >= 11 is 0. The van der Waals surface area contributed by atoms with Gasteiger partial charge in [-0.1, -0.05) is 200 Å². The van der Waals surface area contributed by atoms with E-state index in [0.717, 1.165) is 78.0 Å². The minimum Gasteiger partial charge on any atom is -0.458 e. The zero-order valence-corrected chi connectivity index (χ0v) is 43.5. The largest absolute Gasteiger partial charge is 0.458 e. The molecular weight excluding hydrogens is 1010 g/mol. The van der Waals surface area contributed by atoms with Gasteiger partial charge in [0.1, 0.15) is 23.0 Å². The van der Waals surface area contributed by atoms with Crippen LogP contribution in [-0.2, 0) is 0 Å². The minimum absolute atomic E-state index is 0.353. The maximum absolute atomic E-state index is 7.34. The predicted molar refractivity (Wildman–Crippen MR) is 321 cm³/mol. The topological polar surface area (TPSA) is 138 Å². The van der Waals surface area contributed by atoms with Crippen LogP contribution < -0.4 is 30.8 Å². The van der Waals surface area contributed by atoms with Crippen molar-refractivity contribution >= 4 is 40.2 Å². The first-order valence-electron chi connectivity index (χ1n) is 27.0. The van der Waals surface area contributed by atoms with E-state index >= 15 is 0 Å². The molecule has 0 amide bonds. The standard InChI is InChI=1S/C69H41BN10O2/c1-8-22-42(23-9-1)61-71-62(43-24-10-2-11-25-43)75-67(74-61)48-36-52-58-54(38-48)81-56-40-50(69-78-65(46-30-16-5-17-31-46)73-66(79-69)47-32-18-6-19-33-47)41-57-60(56)70(58)59-53(80(52)51-34-20-7-21-35-51)37-49(39-55(59)82-57)68-76-63(44-26-12-3-13-27-44)72-64(77-68)45-28-14-4-15-29-45/h1-41H. The summed E-state index contributed by atoms with van der Waals surface area (Å²) in [4.78, 5) is 48.8. The molecule has 0 atom stereocenters. The lowest BCUT2D eigenvalue weighted by Gasteiger charge is -2.43. The highest BCUT2D eigenvalue weighted by Crippen LogP contribution is 2.49. The summed E-state index contributed by atoms with van der Waals surface area (Å²) in [7, 11) is 0. The lowest BCUT2D eigenvalue weighted by atomic mass is 9.33. The highest BCUT2D eigenvalue weighted by molar-refractivity contribution is 7.00. The van der Waals surface area contributed by atoms with Crippen LogP contribution in [0.15, 0.2) is 249 Å². The number of anilines is 3. The fourth-order valence-corrected chi connectivity index (χ4v) is 11.3. The van der Waals surface area contributed by atoms with Crippen molar-refractivity contribution in [2.45, 2.75) is 0 Å². The monoisotopic (exact) mass is 1050 g/mol. The van der Waals surface area contributed by atoms with Crippen LogP contribution in [0.2, 0.25) is 0 Å². The fraction of sp³-hybridized carbons (Fsp3) is 0. The molecule has 82 heavy (non-hydrogen) atoms. The molecule has 6 heterocycles. The Bertz CT molecular complexity index is 4240. The van der Waals surface area contributed by atoms with Gasteiger partial charge in [-0.3, -0.25) is 0 Å². The number of hydrogen-bond donors (Lipinski definition) is 0. The van der Waals surface area contributed by atoms with E-state index < -0.39 is 0 Å². The molecule has 0 bridgehead atoms. The van der Waals surface area contributed by atoms with Crippen LogP contribution in [0.5, 0.6) is 23.0 Å². The quantitative estimate of drug-likeness (QED) is 0.121. The van der Waals surface area contributed by atoms with Crippen molar-refractivity contribution in [2.24, 2.45) is 0 Å². The molecule has 3 aliphatic heterocycles. The van der Waals surface area contributed by atoms with Crippen LogP contribution in [-0.4, -0.2) is 51.6 Å². The van der Waals surface area contributed by atoms with E-state index in [4.69, 9.17) is 54.3 Å². The summed E-state index contributed by atoms with van der Waals surface area (Å²) in [6.45, 7) is -0.353. The second-order valence-corrected chi connectivity index (χ2v) is 20.1. The molecule has 0 fully saturated rings. The summed E-state index contributed by atoms with van der Waals surface area (Å²) < 4.78 is 14.7. The average Bonchev–Trinajstić information content (AvgIpc) is 1.99. The number of hydrogen-bond acceptors (Lipinski definition) is 12. The summed E-state index contributed by atoms with van der Waals surface area (Å²) in [5, 5.41) is 0. The molecule has 3 aromatic heterocycles. The molecule has 3 aliphatic rings. The van der Waals surface area contributed by atoms with Crippen molar-refractivity contribution in [3.8, 4) is 125 Å². The second-order valence-electron chi connectivity index (χ2n) is 20.1. The van der Waals surface area contributed by atoms with E-state index in [1.807, 2.05) is 200 Å². The summed E-state index contributed by atoms with van der Waals surface area (Å²) in [5.41, 5.74) is 12.8. The lowest BCUT2D eigenvalue weighted by Crippen LogP contribution is -2.61. The number of benzene rings is 10. The van der Waals surface area contributed by atoms with Gasteiger partial charge in [-0.25, -0.2) is 44.9 Å². The Labute approximate surface area is 471 Å². The molecule has 13 heteroatoms. The molecule has 0 radical (unpaired) electrons. The fourth-order valence-electron chi connectivity index (χ4n) is 11.3. The van der Waals surface area contributed by atoms with Crippen LogP contribution in [0.3, 0.4) is 0 Å². The van der Waals surface area contributed by atoms with Gasteiger partial charge in [0, 0.05) is 72.6 Å². The molecule has 13 aromatic rings. The molecule has 16 rings (SSSR count). The maximum atomic E-state index is 7.34. The van der Waals surface area contributed by atoms with Gasteiger partial charge in [-0.05, 0) is 59.5 Å². The van der Waals surface area contributed by atoms with E-state index in [-0.39, 0.29) is 6.71 Å². The van der Waals surface area contributed by atoms with Gasteiger partial charge in [0.05, 0.1) is 0 Å². The molecular formula is C69H41BN10O2. The van der Waals surface area contributed by atoms with Crippen molar-refractivity contribution in [2.75, 3.05) is 4.90 Å². The summed E-state index contributed by atoms with van der Waals surface area (Å²) in [6, 6.07) is 82.9. The SMILES string of the molecule is c1ccc(-c2nc(-c3ccccc3)nc(-c3cc4c5c(c3)Oc3cc(-c6nc(-c7ccccc7)nc(-c7ccccc7)n6)cc6c3B5c3c(cc(-c5nc(-c7ccccc7)nc(-c7ccccc7)n5)cc3N6c3ccccc3)O4)n2)cc1. The zero-order chi connectivity index (χ0) is 54.1. The van der Waals surface area contributed by atoms with Crippen molar-refractivity contribution in [1.82, 2.24) is 44.9 Å². The average molecular weight is 1050 g/mol. The molecule has 12 nitrogen and oxygen atoms in total. The van der Waals surface area contributed by atoms with Crippen LogP contribution >= 0.6 is 0 Å². The van der Waals surface area contributed by atoms with E-state index in [1.165, 1.54) is 0 Å². The Balaban J connectivity index is 0.962. The molecule has 0 saturated carbocycles.